The van der Waals surface area contributed by atoms with Gasteiger partial charge in [-0.1, -0.05) is 86.6 Å². The number of amides is 1. The quantitative estimate of drug-likeness (QED) is 0.0251. The van der Waals surface area contributed by atoms with Crippen LogP contribution in [0.15, 0.2) is 139 Å². The Hall–Kier alpha value is -7.45. The van der Waals surface area contributed by atoms with Crippen molar-refractivity contribution in [1.29, 1.82) is 0 Å². The van der Waals surface area contributed by atoms with E-state index in [1.807, 2.05) is 54.6 Å². The Balaban J connectivity index is 1.24. The number of hydrogen-bond acceptors (Lipinski definition) is 15. The maximum absolute atomic E-state index is 14.1. The number of rotatable bonds is 20. The third-order valence-electron chi connectivity index (χ3n) is 11.7. The molecule has 1 aliphatic heterocycles. The standard InChI is InChI=1S/C50H51N6O14P/c1-31(2)45(57)53-49-52-44-41(46(58)54-49)51-29-55(44)47-43(70-48(59)32-12-8-6-9-13-32)42(66-30-71(61,62)68-27-36-26-39(65-5)24-25-56(36)60)40(69-47)28-67-50(33-14-10-7-11-15-33,34-16-20-37(63-3)21-17-34)35-18-22-38(64-4)23-19-35/h6-26,29,31,40,42-43,47H,27-28,30H2,1-5H3,(H,61,62)(H2,52,53,54,57,58)/t40-,42-,43-,47-/m1/s1. The van der Waals surface area contributed by atoms with Gasteiger partial charge in [-0.15, -0.1) is 0 Å². The highest BCUT2D eigenvalue weighted by Gasteiger charge is 2.52. The Morgan fingerprint density at radius 2 is 1.48 bits per heavy atom. The Labute approximate surface area is 407 Å². The van der Waals surface area contributed by atoms with Crippen LogP contribution in [0.4, 0.5) is 5.95 Å². The molecule has 1 saturated heterocycles. The summed E-state index contributed by atoms with van der Waals surface area (Å²) in [5.41, 5.74) is -0.202. The van der Waals surface area contributed by atoms with Crippen LogP contribution in [0.5, 0.6) is 17.2 Å². The maximum Gasteiger partial charge on any atom is 0.354 e. The maximum atomic E-state index is 14.1. The van der Waals surface area contributed by atoms with Crippen molar-refractivity contribution in [3.05, 3.63) is 177 Å². The smallest absolute Gasteiger partial charge is 0.354 e. The summed E-state index contributed by atoms with van der Waals surface area (Å²) in [6, 6.07) is 34.9. The van der Waals surface area contributed by atoms with Crippen LogP contribution >= 0.6 is 7.60 Å². The molecule has 0 radical (unpaired) electrons. The van der Waals surface area contributed by atoms with E-state index in [4.69, 9.17) is 37.7 Å². The van der Waals surface area contributed by atoms with Crippen molar-refractivity contribution < 1.29 is 61.5 Å². The summed E-state index contributed by atoms with van der Waals surface area (Å²) >= 11 is 0. The van der Waals surface area contributed by atoms with Crippen LogP contribution in [0.25, 0.3) is 11.2 Å². The number of hydrogen-bond donors (Lipinski definition) is 3. The number of H-pyrrole nitrogens is 1. The molecule has 3 N–H and O–H groups in total. The SMILES string of the molecule is COc1ccc(C(OC[C@H]2O[C@@H](n3cnc4c(=O)[nH]c(NC(=O)C(C)C)nc43)[C@H](OC(=O)c3ccccc3)[C@@H]2OCP(=O)(O)OCc2cc(OC)cc[n+]2[O-])(c2ccccc2)c2ccc(OC)cc2)cc1. The number of methoxy groups -OCH3 is 3. The largest absolute Gasteiger partial charge is 0.618 e. The zero-order valence-electron chi connectivity index (χ0n) is 39.2. The van der Waals surface area contributed by atoms with Gasteiger partial charge in [0.15, 0.2) is 29.7 Å². The average Bonchev–Trinajstić information content (AvgIpc) is 3.97. The van der Waals surface area contributed by atoms with Crippen LogP contribution in [0.2, 0.25) is 0 Å². The van der Waals surface area contributed by atoms with E-state index in [1.54, 1.807) is 70.5 Å². The van der Waals surface area contributed by atoms with Crippen molar-refractivity contribution >= 4 is 36.6 Å². The summed E-state index contributed by atoms with van der Waals surface area (Å²) in [5, 5.41) is 15.2. The molecule has 1 amide bonds. The average molecular weight is 991 g/mol. The molecular formula is C50H51N6O14P. The Morgan fingerprint density at radius 1 is 0.873 bits per heavy atom. The van der Waals surface area contributed by atoms with Gasteiger partial charge in [0.2, 0.25) is 17.5 Å². The molecule has 4 heterocycles. The van der Waals surface area contributed by atoms with Gasteiger partial charge in [-0.05, 0) is 53.1 Å². The third-order valence-corrected chi connectivity index (χ3v) is 12.7. The van der Waals surface area contributed by atoms with Gasteiger partial charge < -0.3 is 43.3 Å². The molecule has 1 unspecified atom stereocenters. The van der Waals surface area contributed by atoms with Gasteiger partial charge in [0.25, 0.3) is 5.56 Å². The number of nitrogens with one attached hydrogen (secondary N) is 2. The molecule has 0 bridgehead atoms. The molecule has 1 fully saturated rings. The molecule has 370 valence electrons. The molecule has 0 saturated carbocycles. The number of ether oxygens (including phenoxy) is 7. The molecule has 20 nitrogen and oxygen atoms in total. The van der Waals surface area contributed by atoms with E-state index in [2.05, 4.69) is 20.3 Å². The van der Waals surface area contributed by atoms with Crippen molar-refractivity contribution in [2.24, 2.45) is 5.92 Å². The van der Waals surface area contributed by atoms with E-state index in [9.17, 15) is 29.0 Å². The number of anilines is 1. The van der Waals surface area contributed by atoms with Crippen LogP contribution in [0, 0.1) is 11.1 Å². The van der Waals surface area contributed by atoms with Crippen molar-refractivity contribution in [1.82, 2.24) is 19.5 Å². The Bertz CT molecular complexity index is 3020. The zero-order valence-corrected chi connectivity index (χ0v) is 40.1. The molecule has 8 rings (SSSR count). The summed E-state index contributed by atoms with van der Waals surface area (Å²) in [6.07, 6.45) is -4.21. The molecule has 0 aliphatic carbocycles. The minimum Gasteiger partial charge on any atom is -0.618 e. The fraction of sp³-hybridized carbons (Fsp3) is 0.280. The lowest BCUT2D eigenvalue weighted by molar-refractivity contribution is -0.616. The number of fused-ring (bicyclic) bond motifs is 1. The van der Waals surface area contributed by atoms with Crippen molar-refractivity contribution in [2.75, 3.05) is 39.6 Å². The summed E-state index contributed by atoms with van der Waals surface area (Å²) in [5.74, 6) is -0.428. The number of esters is 1. The first-order valence-electron chi connectivity index (χ1n) is 22.2. The summed E-state index contributed by atoms with van der Waals surface area (Å²) in [4.78, 5) is 63.1. The van der Waals surface area contributed by atoms with Crippen LogP contribution in [0.3, 0.4) is 0 Å². The topological polar surface area (TPSA) is 248 Å². The summed E-state index contributed by atoms with van der Waals surface area (Å²) < 4.78 is 64.1. The number of pyridine rings is 1. The lowest BCUT2D eigenvalue weighted by Gasteiger charge is -2.37. The van der Waals surface area contributed by atoms with E-state index in [0.717, 1.165) is 0 Å². The van der Waals surface area contributed by atoms with Gasteiger partial charge in [0, 0.05) is 12.0 Å². The lowest BCUT2D eigenvalue weighted by atomic mass is 9.80. The highest BCUT2D eigenvalue weighted by molar-refractivity contribution is 7.52. The highest BCUT2D eigenvalue weighted by atomic mass is 31.2. The number of imidazole rings is 1. The molecule has 3 aromatic heterocycles. The number of benzene rings is 4. The fourth-order valence-electron chi connectivity index (χ4n) is 8.00. The normalized spacial score (nSPS) is 17.7. The number of nitrogens with zero attached hydrogens (tertiary/aromatic N) is 4. The van der Waals surface area contributed by atoms with E-state index in [1.165, 1.54) is 48.5 Å². The van der Waals surface area contributed by atoms with E-state index >= 15 is 0 Å². The van der Waals surface area contributed by atoms with Gasteiger partial charge >= 0.3 is 13.6 Å². The molecule has 4 aromatic carbocycles. The van der Waals surface area contributed by atoms with Gasteiger partial charge in [-0.2, -0.15) is 9.71 Å². The fourth-order valence-corrected chi connectivity index (χ4v) is 8.77. The van der Waals surface area contributed by atoms with Gasteiger partial charge in [-0.3, -0.25) is 33.5 Å². The number of carbonyl (C=O) groups excluding carboxylic acids is 2. The first-order chi connectivity index (χ1) is 34.2. The van der Waals surface area contributed by atoms with Crippen molar-refractivity contribution in [3.8, 4) is 17.2 Å². The second-order valence-electron chi connectivity index (χ2n) is 16.6. The molecular weight excluding hydrogens is 940 g/mol. The summed E-state index contributed by atoms with van der Waals surface area (Å²) in [6.45, 7) is 2.37. The monoisotopic (exact) mass is 990 g/mol. The van der Waals surface area contributed by atoms with Crippen molar-refractivity contribution in [2.45, 2.75) is 50.6 Å². The molecule has 1 aliphatic rings. The minimum atomic E-state index is -4.76. The lowest BCUT2D eigenvalue weighted by Crippen LogP contribution is -2.42. The molecule has 5 atom stereocenters. The molecule has 71 heavy (non-hydrogen) atoms. The van der Waals surface area contributed by atoms with Crippen LogP contribution in [-0.4, -0.2) is 88.9 Å². The van der Waals surface area contributed by atoms with Gasteiger partial charge in [0.05, 0.1) is 45.9 Å². The second-order valence-corrected chi connectivity index (χ2v) is 18.3. The van der Waals surface area contributed by atoms with E-state index < -0.39 is 74.0 Å². The Morgan fingerprint density at radius 3 is 2.08 bits per heavy atom. The van der Waals surface area contributed by atoms with Crippen molar-refractivity contribution in [3.63, 3.8) is 0 Å². The van der Waals surface area contributed by atoms with Crippen LogP contribution < -0.4 is 29.8 Å². The van der Waals surface area contributed by atoms with Crippen LogP contribution in [-0.2, 0) is 45.0 Å². The molecule has 21 heteroatoms. The number of aromatic amines is 1. The predicted molar refractivity (Wildman–Crippen MR) is 256 cm³/mol. The number of aromatic nitrogens is 5. The highest BCUT2D eigenvalue weighted by Crippen LogP contribution is 2.47. The van der Waals surface area contributed by atoms with Gasteiger partial charge in [0.1, 0.15) is 48.0 Å². The zero-order chi connectivity index (χ0) is 50.3. The predicted octanol–water partition coefficient (Wildman–Crippen LogP) is 6.25. The number of carbonyl (C=O) groups is 2. The van der Waals surface area contributed by atoms with Gasteiger partial charge in [-0.25, -0.2) is 9.78 Å². The molecule has 0 spiro atoms. The first kappa shape index (κ1) is 50.0. The molecule has 7 aromatic rings. The van der Waals surface area contributed by atoms with Crippen LogP contribution in [0.1, 0.15) is 52.8 Å². The Kier molecular flexibility index (Phi) is 15.3. The second kappa shape index (κ2) is 21.7. The van der Waals surface area contributed by atoms with E-state index in [-0.39, 0.29) is 35.0 Å². The first-order valence-corrected chi connectivity index (χ1v) is 24.0. The van der Waals surface area contributed by atoms with E-state index in [0.29, 0.717) is 38.7 Å². The summed E-state index contributed by atoms with van der Waals surface area (Å²) in [7, 11) is -0.240. The minimum absolute atomic E-state index is 0.0309. The third kappa shape index (κ3) is 11.0.